The fraction of sp³-hybridized carbons (Fsp3) is 0.750. The van der Waals surface area contributed by atoms with Crippen molar-refractivity contribution < 1.29 is 13.2 Å². The van der Waals surface area contributed by atoms with Crippen LogP contribution in [0.4, 0.5) is 0 Å². The lowest BCUT2D eigenvalue weighted by molar-refractivity contribution is -0.0273. The van der Waals surface area contributed by atoms with E-state index in [-0.39, 0.29) is 17.5 Å². The molecule has 0 bridgehead atoms. The molecule has 0 aliphatic carbocycles. The minimum atomic E-state index is -2.97. The van der Waals surface area contributed by atoms with E-state index in [9.17, 15) is 8.42 Å². The third-order valence-corrected chi connectivity index (χ3v) is 2.77. The molecular weight excluding hydrogens is 176 g/mol. The molecule has 0 aromatic heterocycles. The summed E-state index contributed by atoms with van der Waals surface area (Å²) >= 11 is 0. The van der Waals surface area contributed by atoms with Gasteiger partial charge in [0.15, 0.2) is 9.84 Å². The van der Waals surface area contributed by atoms with Gasteiger partial charge in [0.2, 0.25) is 0 Å². The second-order valence-electron chi connectivity index (χ2n) is 3.93. The molecule has 1 rings (SSSR count). The van der Waals surface area contributed by atoms with Crippen molar-refractivity contribution in [3.63, 3.8) is 0 Å². The predicted molar refractivity (Wildman–Crippen MR) is 47.6 cm³/mol. The third-order valence-electron chi connectivity index (χ3n) is 1.40. The van der Waals surface area contributed by atoms with Gasteiger partial charge in [-0.25, -0.2) is 8.42 Å². The number of hydrogen-bond donors (Lipinski definition) is 0. The van der Waals surface area contributed by atoms with Crippen LogP contribution in [0.25, 0.3) is 0 Å². The second kappa shape index (κ2) is 2.85. The van der Waals surface area contributed by atoms with Gasteiger partial charge in [-0.15, -0.1) is 0 Å². The number of ether oxygens (including phenoxy) is 1. The Kier molecular flexibility index (Phi) is 2.31. The van der Waals surface area contributed by atoms with Crippen LogP contribution in [0.5, 0.6) is 0 Å². The average molecular weight is 190 g/mol. The highest BCUT2D eigenvalue weighted by molar-refractivity contribution is 7.94. The lowest BCUT2D eigenvalue weighted by atomic mass is 10.2. The van der Waals surface area contributed by atoms with Gasteiger partial charge in [-0.05, 0) is 26.8 Å². The number of sulfone groups is 1. The summed E-state index contributed by atoms with van der Waals surface area (Å²) in [7, 11) is -2.97. The van der Waals surface area contributed by atoms with Crippen LogP contribution in [0, 0.1) is 0 Å². The van der Waals surface area contributed by atoms with Crippen LogP contribution < -0.4 is 0 Å². The molecule has 0 aromatic rings. The highest BCUT2D eigenvalue weighted by atomic mass is 32.2. The molecule has 0 aromatic carbocycles. The molecule has 0 fully saturated rings. The highest BCUT2D eigenvalue weighted by Crippen LogP contribution is 2.18. The van der Waals surface area contributed by atoms with Crippen LogP contribution in [0.15, 0.2) is 11.5 Å². The van der Waals surface area contributed by atoms with E-state index in [0.717, 1.165) is 0 Å². The Morgan fingerprint density at radius 2 is 2.00 bits per heavy atom. The smallest absolute Gasteiger partial charge is 0.174 e. The molecule has 0 spiro atoms. The Labute approximate surface area is 73.3 Å². The first-order valence-corrected chi connectivity index (χ1v) is 5.59. The van der Waals surface area contributed by atoms with Crippen LogP contribution in [0.2, 0.25) is 0 Å². The number of rotatable bonds is 1. The molecule has 4 heteroatoms. The van der Waals surface area contributed by atoms with Gasteiger partial charge in [0.05, 0.1) is 17.5 Å². The average Bonchev–Trinajstić information content (AvgIpc) is 2.05. The van der Waals surface area contributed by atoms with Crippen molar-refractivity contribution in [3.05, 3.63) is 11.5 Å². The zero-order valence-electron chi connectivity index (χ0n) is 7.57. The minimum Gasteiger partial charge on any atom is -0.367 e. The Morgan fingerprint density at radius 1 is 1.42 bits per heavy atom. The molecule has 0 saturated carbocycles. The standard InChI is InChI=1S/C8H14O3S/c1-8(2,3)11-7-4-5-12(9,10)6-7/h4-5,7H,6H2,1-3H3. The van der Waals surface area contributed by atoms with E-state index in [1.54, 1.807) is 6.08 Å². The topological polar surface area (TPSA) is 43.4 Å². The van der Waals surface area contributed by atoms with Crippen LogP contribution >= 0.6 is 0 Å². The molecule has 1 unspecified atom stereocenters. The lowest BCUT2D eigenvalue weighted by Gasteiger charge is -2.23. The van der Waals surface area contributed by atoms with E-state index in [0.29, 0.717) is 0 Å². The van der Waals surface area contributed by atoms with Crippen molar-refractivity contribution in [2.24, 2.45) is 0 Å². The van der Waals surface area contributed by atoms with E-state index in [1.165, 1.54) is 5.41 Å². The van der Waals surface area contributed by atoms with Gasteiger partial charge in [0.25, 0.3) is 0 Å². The number of hydrogen-bond acceptors (Lipinski definition) is 3. The van der Waals surface area contributed by atoms with Crippen molar-refractivity contribution in [2.45, 2.75) is 32.5 Å². The first kappa shape index (κ1) is 9.74. The monoisotopic (exact) mass is 190 g/mol. The maximum Gasteiger partial charge on any atom is 0.174 e. The maximum atomic E-state index is 11.0. The zero-order valence-corrected chi connectivity index (χ0v) is 8.39. The summed E-state index contributed by atoms with van der Waals surface area (Å²) in [4.78, 5) is 0. The molecule has 1 atom stereocenters. The molecule has 12 heavy (non-hydrogen) atoms. The van der Waals surface area contributed by atoms with Crippen LogP contribution in [-0.4, -0.2) is 25.9 Å². The van der Waals surface area contributed by atoms with Crippen molar-refractivity contribution in [2.75, 3.05) is 5.75 Å². The Balaban J connectivity index is 2.57. The summed E-state index contributed by atoms with van der Waals surface area (Å²) in [5, 5.41) is 1.23. The third kappa shape index (κ3) is 2.95. The van der Waals surface area contributed by atoms with E-state index in [4.69, 9.17) is 4.74 Å². The normalized spacial score (nSPS) is 27.8. The van der Waals surface area contributed by atoms with Gasteiger partial charge in [0, 0.05) is 5.41 Å². The fourth-order valence-corrected chi connectivity index (χ4v) is 2.24. The Hall–Kier alpha value is -0.350. The molecule has 0 saturated heterocycles. The SMILES string of the molecule is CC(C)(C)OC1C=CS(=O)(=O)C1. The van der Waals surface area contributed by atoms with E-state index in [1.807, 2.05) is 20.8 Å². The van der Waals surface area contributed by atoms with Crippen molar-refractivity contribution >= 4 is 9.84 Å². The largest absolute Gasteiger partial charge is 0.367 e. The van der Waals surface area contributed by atoms with Gasteiger partial charge >= 0.3 is 0 Å². The molecular formula is C8H14O3S. The molecule has 1 aliphatic heterocycles. The highest BCUT2D eigenvalue weighted by Gasteiger charge is 2.26. The van der Waals surface area contributed by atoms with Crippen LogP contribution in [0.3, 0.4) is 0 Å². The summed E-state index contributed by atoms with van der Waals surface area (Å²) in [5.74, 6) is 0.0876. The van der Waals surface area contributed by atoms with Crippen molar-refractivity contribution in [1.82, 2.24) is 0 Å². The first-order valence-electron chi connectivity index (χ1n) is 3.87. The minimum absolute atomic E-state index is 0.0876. The van der Waals surface area contributed by atoms with Gasteiger partial charge in [-0.2, -0.15) is 0 Å². The molecule has 0 N–H and O–H groups in total. The molecule has 70 valence electrons. The molecule has 0 amide bonds. The van der Waals surface area contributed by atoms with Gasteiger partial charge in [0.1, 0.15) is 0 Å². The van der Waals surface area contributed by atoms with Gasteiger partial charge in [-0.3, -0.25) is 0 Å². The van der Waals surface area contributed by atoms with Crippen molar-refractivity contribution in [1.29, 1.82) is 0 Å². The Bertz CT molecular complexity index is 282. The van der Waals surface area contributed by atoms with Gasteiger partial charge < -0.3 is 4.74 Å². The molecule has 1 aliphatic rings. The fourth-order valence-electron chi connectivity index (χ4n) is 1.07. The summed E-state index contributed by atoms with van der Waals surface area (Å²) < 4.78 is 27.4. The summed E-state index contributed by atoms with van der Waals surface area (Å²) in [6, 6.07) is 0. The van der Waals surface area contributed by atoms with Crippen LogP contribution in [-0.2, 0) is 14.6 Å². The lowest BCUT2D eigenvalue weighted by Crippen LogP contribution is -2.28. The molecule has 1 heterocycles. The predicted octanol–water partition coefficient (Wildman–Crippen LogP) is 1.11. The van der Waals surface area contributed by atoms with E-state index >= 15 is 0 Å². The molecule has 0 radical (unpaired) electrons. The summed E-state index contributed by atoms with van der Waals surface area (Å²) in [6.45, 7) is 5.73. The van der Waals surface area contributed by atoms with E-state index < -0.39 is 9.84 Å². The van der Waals surface area contributed by atoms with E-state index in [2.05, 4.69) is 0 Å². The quantitative estimate of drug-likeness (QED) is 0.622. The first-order chi connectivity index (χ1) is 5.29. The zero-order chi connectivity index (χ0) is 9.41. The second-order valence-corrected chi connectivity index (χ2v) is 5.86. The van der Waals surface area contributed by atoms with Crippen LogP contribution in [0.1, 0.15) is 20.8 Å². The van der Waals surface area contributed by atoms with Crippen molar-refractivity contribution in [3.8, 4) is 0 Å². The molecule has 3 nitrogen and oxygen atoms in total. The van der Waals surface area contributed by atoms with Gasteiger partial charge in [-0.1, -0.05) is 0 Å². The summed E-state index contributed by atoms with van der Waals surface area (Å²) in [6.07, 6.45) is 1.33. The summed E-state index contributed by atoms with van der Waals surface area (Å²) in [5.41, 5.74) is -0.283. The Morgan fingerprint density at radius 3 is 2.33 bits per heavy atom. The maximum absolute atomic E-state index is 11.0.